The number of hydrogen-bond donors (Lipinski definition) is 1. The first kappa shape index (κ1) is 21.2. The highest BCUT2D eigenvalue weighted by Gasteiger charge is 2.40. The van der Waals surface area contributed by atoms with Crippen molar-refractivity contribution in [2.45, 2.75) is 51.7 Å². The van der Waals surface area contributed by atoms with Crippen LogP contribution >= 0.6 is 11.6 Å². The van der Waals surface area contributed by atoms with Crippen molar-refractivity contribution in [3.63, 3.8) is 0 Å². The van der Waals surface area contributed by atoms with Gasteiger partial charge in [-0.2, -0.15) is 0 Å². The number of nitrogens with one attached hydrogen (secondary N) is 1. The first-order chi connectivity index (χ1) is 13.4. The summed E-state index contributed by atoms with van der Waals surface area (Å²) >= 11 is 6.49. The third kappa shape index (κ3) is 5.73. The van der Waals surface area contributed by atoms with Crippen LogP contribution in [0.4, 0.5) is 0 Å². The molecule has 0 unspecified atom stereocenters. The highest BCUT2D eigenvalue weighted by Crippen LogP contribution is 2.44. The molecule has 0 radical (unpaired) electrons. The second kappa shape index (κ2) is 9.30. The van der Waals surface area contributed by atoms with Crippen LogP contribution in [0.5, 0.6) is 5.75 Å². The minimum atomic E-state index is -0.0878. The molecule has 4 heteroatoms. The predicted octanol–water partition coefficient (Wildman–Crippen LogP) is 5.65. The summed E-state index contributed by atoms with van der Waals surface area (Å²) < 4.78 is 11.3. The lowest BCUT2D eigenvalue weighted by Crippen LogP contribution is -2.43. The monoisotopic (exact) mass is 401 g/mol. The molecule has 1 saturated heterocycles. The summed E-state index contributed by atoms with van der Waals surface area (Å²) in [4.78, 5) is 0. The van der Waals surface area contributed by atoms with E-state index in [9.17, 15) is 0 Å². The summed E-state index contributed by atoms with van der Waals surface area (Å²) in [6.07, 6.45) is 4.24. The molecule has 1 aliphatic heterocycles. The second-order valence-electron chi connectivity index (χ2n) is 8.58. The van der Waals surface area contributed by atoms with Crippen molar-refractivity contribution < 1.29 is 9.47 Å². The maximum absolute atomic E-state index is 6.49. The fourth-order valence-electron chi connectivity index (χ4n) is 4.41. The van der Waals surface area contributed by atoms with Gasteiger partial charge in [-0.3, -0.25) is 0 Å². The quantitative estimate of drug-likeness (QED) is 0.580. The Morgan fingerprint density at radius 1 is 1.11 bits per heavy atom. The van der Waals surface area contributed by atoms with Crippen molar-refractivity contribution in [3.05, 3.63) is 64.7 Å². The third-order valence-electron chi connectivity index (χ3n) is 5.77. The topological polar surface area (TPSA) is 30.5 Å². The zero-order valence-electron chi connectivity index (χ0n) is 17.3. The van der Waals surface area contributed by atoms with Crippen LogP contribution in [0.15, 0.2) is 48.5 Å². The van der Waals surface area contributed by atoms with E-state index in [1.165, 1.54) is 11.1 Å². The molecular formula is C24H32ClNO2. The van der Waals surface area contributed by atoms with Gasteiger partial charge in [-0.25, -0.2) is 0 Å². The third-order valence-corrected chi connectivity index (χ3v) is 6.14. The normalized spacial score (nSPS) is 21.4. The van der Waals surface area contributed by atoms with E-state index in [0.29, 0.717) is 0 Å². The minimum absolute atomic E-state index is 0.0878. The predicted molar refractivity (Wildman–Crippen MR) is 116 cm³/mol. The summed E-state index contributed by atoms with van der Waals surface area (Å²) in [6, 6.07) is 16.5. The Bertz CT molecular complexity index is 759. The Hall–Kier alpha value is -1.55. The molecule has 1 heterocycles. The van der Waals surface area contributed by atoms with Gasteiger partial charge in [-0.15, -0.1) is 0 Å². The van der Waals surface area contributed by atoms with E-state index in [1.54, 1.807) is 7.11 Å². The molecule has 0 aliphatic carbocycles. The molecule has 3 nitrogen and oxygen atoms in total. The van der Waals surface area contributed by atoms with Gasteiger partial charge in [0.25, 0.3) is 0 Å². The standard InChI is InChI=1S/C24H32ClNO2/c1-23(2)18-24(13-15-28-23,16-20-6-4-5-7-22(20)25)12-14-26-17-19-8-10-21(27-3)11-9-19/h4-11,26H,12-18H2,1-3H3/t24-/m1/s1. The van der Waals surface area contributed by atoms with Gasteiger partial charge in [-0.05, 0) is 80.8 Å². The number of methoxy groups -OCH3 is 1. The molecule has 28 heavy (non-hydrogen) atoms. The Labute approximate surface area is 174 Å². The molecule has 0 aromatic heterocycles. The largest absolute Gasteiger partial charge is 0.497 e. The van der Waals surface area contributed by atoms with Gasteiger partial charge in [-0.1, -0.05) is 41.9 Å². The van der Waals surface area contributed by atoms with E-state index in [1.807, 2.05) is 24.3 Å². The maximum atomic E-state index is 6.49. The zero-order chi connectivity index (χ0) is 20.0. The Kier molecular flexibility index (Phi) is 7.03. The van der Waals surface area contributed by atoms with E-state index in [4.69, 9.17) is 21.1 Å². The number of hydrogen-bond acceptors (Lipinski definition) is 3. The smallest absolute Gasteiger partial charge is 0.118 e. The van der Waals surface area contributed by atoms with Crippen molar-refractivity contribution in [2.24, 2.45) is 5.41 Å². The molecule has 0 amide bonds. The van der Waals surface area contributed by atoms with E-state index in [0.717, 1.165) is 56.2 Å². The minimum Gasteiger partial charge on any atom is -0.497 e. The van der Waals surface area contributed by atoms with Crippen LogP contribution in [-0.4, -0.2) is 25.9 Å². The number of ether oxygens (including phenoxy) is 2. The first-order valence-electron chi connectivity index (χ1n) is 10.1. The van der Waals surface area contributed by atoms with Crippen molar-refractivity contribution in [3.8, 4) is 5.75 Å². The van der Waals surface area contributed by atoms with Crippen molar-refractivity contribution in [1.82, 2.24) is 5.32 Å². The molecule has 1 N–H and O–H groups in total. The average Bonchev–Trinajstić information content (AvgIpc) is 2.67. The molecule has 0 saturated carbocycles. The summed E-state index contributed by atoms with van der Waals surface area (Å²) in [5.74, 6) is 0.895. The van der Waals surface area contributed by atoms with Crippen LogP contribution in [0.2, 0.25) is 5.02 Å². The second-order valence-corrected chi connectivity index (χ2v) is 8.99. The van der Waals surface area contributed by atoms with Crippen LogP contribution in [0.25, 0.3) is 0 Å². The van der Waals surface area contributed by atoms with Gasteiger partial charge in [0.2, 0.25) is 0 Å². The van der Waals surface area contributed by atoms with Gasteiger partial charge in [0.05, 0.1) is 12.7 Å². The molecular weight excluding hydrogens is 370 g/mol. The van der Waals surface area contributed by atoms with Gasteiger partial charge in [0, 0.05) is 18.2 Å². The Morgan fingerprint density at radius 2 is 1.86 bits per heavy atom. The fraction of sp³-hybridized carbons (Fsp3) is 0.500. The Morgan fingerprint density at radius 3 is 2.54 bits per heavy atom. The van der Waals surface area contributed by atoms with E-state index in [2.05, 4.69) is 43.4 Å². The van der Waals surface area contributed by atoms with Crippen molar-refractivity contribution in [1.29, 1.82) is 0 Å². The van der Waals surface area contributed by atoms with Crippen LogP contribution < -0.4 is 10.1 Å². The highest BCUT2D eigenvalue weighted by atomic mass is 35.5. The summed E-state index contributed by atoms with van der Waals surface area (Å²) in [5.41, 5.74) is 2.64. The van der Waals surface area contributed by atoms with E-state index in [-0.39, 0.29) is 11.0 Å². The average molecular weight is 402 g/mol. The molecule has 1 aliphatic rings. The van der Waals surface area contributed by atoms with E-state index >= 15 is 0 Å². The number of benzene rings is 2. The van der Waals surface area contributed by atoms with Crippen LogP contribution in [0.3, 0.4) is 0 Å². The van der Waals surface area contributed by atoms with Crippen LogP contribution in [-0.2, 0) is 17.7 Å². The molecule has 2 aromatic rings. The molecule has 152 valence electrons. The molecule has 2 aromatic carbocycles. The first-order valence-corrected chi connectivity index (χ1v) is 10.5. The van der Waals surface area contributed by atoms with Gasteiger partial charge >= 0.3 is 0 Å². The fourth-order valence-corrected chi connectivity index (χ4v) is 4.62. The van der Waals surface area contributed by atoms with Gasteiger partial charge in [0.15, 0.2) is 0 Å². The van der Waals surface area contributed by atoms with Gasteiger partial charge < -0.3 is 14.8 Å². The number of halogens is 1. The zero-order valence-corrected chi connectivity index (χ0v) is 18.0. The molecule has 3 rings (SSSR count). The lowest BCUT2D eigenvalue weighted by Gasteiger charge is -2.45. The highest BCUT2D eigenvalue weighted by molar-refractivity contribution is 6.31. The van der Waals surface area contributed by atoms with Crippen molar-refractivity contribution >= 4 is 11.6 Å². The van der Waals surface area contributed by atoms with Crippen LogP contribution in [0, 0.1) is 5.41 Å². The summed E-state index contributed by atoms with van der Waals surface area (Å²) in [7, 11) is 1.70. The van der Waals surface area contributed by atoms with Crippen molar-refractivity contribution in [2.75, 3.05) is 20.3 Å². The van der Waals surface area contributed by atoms with E-state index < -0.39 is 0 Å². The van der Waals surface area contributed by atoms with Crippen LogP contribution in [0.1, 0.15) is 44.2 Å². The summed E-state index contributed by atoms with van der Waals surface area (Å²) in [5, 5.41) is 4.50. The maximum Gasteiger partial charge on any atom is 0.118 e. The lowest BCUT2D eigenvalue weighted by atomic mass is 9.68. The SMILES string of the molecule is COc1ccc(CNCC[C@]2(Cc3ccccc3Cl)CCOC(C)(C)C2)cc1. The summed E-state index contributed by atoms with van der Waals surface area (Å²) in [6.45, 7) is 7.07. The molecule has 1 atom stereocenters. The molecule has 0 bridgehead atoms. The van der Waals surface area contributed by atoms with Gasteiger partial charge in [0.1, 0.15) is 5.75 Å². The Balaban J connectivity index is 1.63. The molecule has 0 spiro atoms. The lowest BCUT2D eigenvalue weighted by molar-refractivity contribution is -0.107. The molecule has 1 fully saturated rings. The number of rotatable bonds is 8.